The molecular weight excluding hydrogens is 326 g/mol. The number of fused-ring (bicyclic) bond motifs is 1. The molecule has 0 aliphatic carbocycles. The zero-order chi connectivity index (χ0) is 18.1. The van der Waals surface area contributed by atoms with Crippen molar-refractivity contribution in [1.82, 2.24) is 9.78 Å². The molecule has 1 aromatic heterocycles. The lowest BCUT2D eigenvalue weighted by Crippen LogP contribution is -2.02. The summed E-state index contributed by atoms with van der Waals surface area (Å²) < 4.78 is 1.95. The van der Waals surface area contributed by atoms with Gasteiger partial charge in [0, 0.05) is 23.1 Å². The first-order valence-corrected chi connectivity index (χ1v) is 8.38. The van der Waals surface area contributed by atoms with Gasteiger partial charge in [-0.3, -0.25) is 14.8 Å². The van der Waals surface area contributed by atoms with Crippen LogP contribution in [-0.2, 0) is 6.54 Å². The van der Waals surface area contributed by atoms with Gasteiger partial charge >= 0.3 is 0 Å². The molecule has 4 rings (SSSR count). The highest BCUT2D eigenvalue weighted by Crippen LogP contribution is 2.28. The predicted molar refractivity (Wildman–Crippen MR) is 102 cm³/mol. The van der Waals surface area contributed by atoms with Crippen molar-refractivity contribution in [2.75, 3.05) is 0 Å². The molecule has 0 aliphatic heterocycles. The van der Waals surface area contributed by atoms with Gasteiger partial charge in [0.05, 0.1) is 17.0 Å². The first-order chi connectivity index (χ1) is 12.6. The van der Waals surface area contributed by atoms with Crippen LogP contribution in [0.3, 0.4) is 0 Å². The summed E-state index contributed by atoms with van der Waals surface area (Å²) in [5, 5.41) is 16.7. The molecule has 0 saturated heterocycles. The van der Waals surface area contributed by atoms with Crippen LogP contribution in [0.4, 0.5) is 5.69 Å². The average molecular weight is 343 g/mol. The SMILES string of the molecule is Cc1ccc(-c2nn(Cc3ccc([N+](=O)[O-])cc3)c3ccccc23)cc1. The largest absolute Gasteiger partial charge is 0.269 e. The Bertz CT molecular complexity index is 1080. The van der Waals surface area contributed by atoms with E-state index in [0.29, 0.717) is 6.54 Å². The first-order valence-electron chi connectivity index (χ1n) is 8.38. The predicted octanol–water partition coefficient (Wildman–Crippen LogP) is 4.97. The van der Waals surface area contributed by atoms with Gasteiger partial charge in [0.25, 0.3) is 5.69 Å². The fourth-order valence-electron chi connectivity index (χ4n) is 3.07. The van der Waals surface area contributed by atoms with Crippen LogP contribution in [0.2, 0.25) is 0 Å². The van der Waals surface area contributed by atoms with Gasteiger partial charge in [-0.25, -0.2) is 0 Å². The van der Waals surface area contributed by atoms with E-state index in [9.17, 15) is 10.1 Å². The van der Waals surface area contributed by atoms with Crippen LogP contribution in [0.25, 0.3) is 22.2 Å². The summed E-state index contributed by atoms with van der Waals surface area (Å²) in [6.45, 7) is 2.62. The third kappa shape index (κ3) is 2.95. The van der Waals surface area contributed by atoms with Crippen molar-refractivity contribution in [2.45, 2.75) is 13.5 Å². The topological polar surface area (TPSA) is 61.0 Å². The van der Waals surface area contributed by atoms with Gasteiger partial charge in [0.1, 0.15) is 5.69 Å². The number of aryl methyl sites for hydroxylation is 1. The van der Waals surface area contributed by atoms with E-state index in [1.165, 1.54) is 17.7 Å². The molecule has 0 bridgehead atoms. The van der Waals surface area contributed by atoms with Crippen LogP contribution in [0, 0.1) is 17.0 Å². The normalized spacial score (nSPS) is 11.0. The Labute approximate surface area is 150 Å². The third-order valence-corrected chi connectivity index (χ3v) is 4.46. The Morgan fingerprint density at radius 2 is 1.65 bits per heavy atom. The summed E-state index contributed by atoms with van der Waals surface area (Å²) in [5.41, 5.74) is 5.35. The second-order valence-electron chi connectivity index (χ2n) is 6.31. The summed E-state index contributed by atoms with van der Waals surface area (Å²) in [5.74, 6) is 0. The Hall–Kier alpha value is -3.47. The molecule has 1 heterocycles. The minimum Gasteiger partial charge on any atom is -0.260 e. The monoisotopic (exact) mass is 343 g/mol. The van der Waals surface area contributed by atoms with E-state index in [2.05, 4.69) is 37.3 Å². The van der Waals surface area contributed by atoms with Crippen molar-refractivity contribution in [3.05, 3.63) is 94.0 Å². The Kier molecular flexibility index (Phi) is 3.97. The lowest BCUT2D eigenvalue weighted by atomic mass is 10.1. The maximum atomic E-state index is 10.8. The highest BCUT2D eigenvalue weighted by Gasteiger charge is 2.12. The minimum absolute atomic E-state index is 0.0967. The highest BCUT2D eigenvalue weighted by molar-refractivity contribution is 5.93. The molecule has 0 radical (unpaired) electrons. The minimum atomic E-state index is -0.386. The molecule has 4 aromatic rings. The van der Waals surface area contributed by atoms with E-state index in [4.69, 9.17) is 5.10 Å². The molecule has 0 N–H and O–H groups in total. The number of hydrogen-bond acceptors (Lipinski definition) is 3. The van der Waals surface area contributed by atoms with Gasteiger partial charge in [-0.2, -0.15) is 5.10 Å². The van der Waals surface area contributed by atoms with Gasteiger partial charge in [-0.1, -0.05) is 60.2 Å². The van der Waals surface area contributed by atoms with Crippen LogP contribution < -0.4 is 0 Å². The van der Waals surface area contributed by atoms with Crippen molar-refractivity contribution in [3.63, 3.8) is 0 Å². The summed E-state index contributed by atoms with van der Waals surface area (Å²) in [6.07, 6.45) is 0. The average Bonchev–Trinajstić information content (AvgIpc) is 3.02. The first kappa shape index (κ1) is 16.0. The third-order valence-electron chi connectivity index (χ3n) is 4.46. The molecule has 26 heavy (non-hydrogen) atoms. The van der Waals surface area contributed by atoms with Crippen LogP contribution in [-0.4, -0.2) is 14.7 Å². The molecule has 128 valence electrons. The maximum absolute atomic E-state index is 10.8. The smallest absolute Gasteiger partial charge is 0.260 e. The lowest BCUT2D eigenvalue weighted by molar-refractivity contribution is -0.384. The van der Waals surface area contributed by atoms with Crippen LogP contribution in [0.1, 0.15) is 11.1 Å². The van der Waals surface area contributed by atoms with E-state index in [0.717, 1.165) is 27.7 Å². The van der Waals surface area contributed by atoms with E-state index >= 15 is 0 Å². The van der Waals surface area contributed by atoms with Crippen molar-refractivity contribution < 1.29 is 4.92 Å². The number of nitro groups is 1. The van der Waals surface area contributed by atoms with Gasteiger partial charge in [0.2, 0.25) is 0 Å². The number of non-ortho nitro benzene ring substituents is 1. The number of nitro benzene ring substituents is 1. The van der Waals surface area contributed by atoms with E-state index < -0.39 is 0 Å². The number of hydrogen-bond donors (Lipinski definition) is 0. The molecule has 0 fully saturated rings. The quantitative estimate of drug-likeness (QED) is 0.388. The molecule has 0 amide bonds. The molecule has 0 unspecified atom stereocenters. The number of aromatic nitrogens is 2. The van der Waals surface area contributed by atoms with Crippen molar-refractivity contribution in [1.29, 1.82) is 0 Å². The molecule has 5 heteroatoms. The Balaban J connectivity index is 1.76. The summed E-state index contributed by atoms with van der Waals surface area (Å²) in [6, 6.07) is 23.1. The molecule has 5 nitrogen and oxygen atoms in total. The Morgan fingerprint density at radius 1 is 0.962 bits per heavy atom. The van der Waals surface area contributed by atoms with E-state index in [-0.39, 0.29) is 10.6 Å². The summed E-state index contributed by atoms with van der Waals surface area (Å²) >= 11 is 0. The molecule has 0 saturated carbocycles. The zero-order valence-electron chi connectivity index (χ0n) is 14.3. The number of nitrogens with zero attached hydrogens (tertiary/aromatic N) is 3. The number of para-hydroxylation sites is 1. The molecule has 0 atom stereocenters. The number of benzene rings is 3. The van der Waals surface area contributed by atoms with Crippen LogP contribution in [0.5, 0.6) is 0 Å². The van der Waals surface area contributed by atoms with Gasteiger partial charge in [0.15, 0.2) is 0 Å². The van der Waals surface area contributed by atoms with Crippen molar-refractivity contribution >= 4 is 16.6 Å². The van der Waals surface area contributed by atoms with Gasteiger partial charge < -0.3 is 0 Å². The van der Waals surface area contributed by atoms with Gasteiger partial charge in [-0.05, 0) is 18.6 Å². The second-order valence-corrected chi connectivity index (χ2v) is 6.31. The fraction of sp³-hybridized carbons (Fsp3) is 0.0952. The summed E-state index contributed by atoms with van der Waals surface area (Å²) in [7, 11) is 0. The van der Waals surface area contributed by atoms with Gasteiger partial charge in [-0.15, -0.1) is 0 Å². The maximum Gasteiger partial charge on any atom is 0.269 e. The molecule has 0 aliphatic rings. The van der Waals surface area contributed by atoms with Crippen molar-refractivity contribution in [2.24, 2.45) is 0 Å². The summed E-state index contributed by atoms with van der Waals surface area (Å²) in [4.78, 5) is 10.4. The second kappa shape index (κ2) is 6.44. The van der Waals surface area contributed by atoms with E-state index in [1.807, 2.05) is 22.9 Å². The molecule has 0 spiro atoms. The lowest BCUT2D eigenvalue weighted by Gasteiger charge is -2.03. The van der Waals surface area contributed by atoms with Crippen LogP contribution in [0.15, 0.2) is 72.8 Å². The number of rotatable bonds is 4. The fourth-order valence-corrected chi connectivity index (χ4v) is 3.07. The van der Waals surface area contributed by atoms with E-state index in [1.54, 1.807) is 12.1 Å². The standard InChI is InChI=1S/C21H17N3O2/c1-15-6-10-17(11-7-15)21-19-4-2-3-5-20(19)23(22-21)14-16-8-12-18(13-9-16)24(25)26/h2-13H,14H2,1H3. The highest BCUT2D eigenvalue weighted by atomic mass is 16.6. The Morgan fingerprint density at radius 3 is 2.35 bits per heavy atom. The van der Waals surface area contributed by atoms with Crippen LogP contribution >= 0.6 is 0 Å². The zero-order valence-corrected chi connectivity index (χ0v) is 14.3. The molecule has 3 aromatic carbocycles. The van der Waals surface area contributed by atoms with Crippen molar-refractivity contribution in [3.8, 4) is 11.3 Å². The molecular formula is C21H17N3O2.